The number of carbonyl (C=O) groups is 3. The fourth-order valence-electron chi connectivity index (χ4n) is 4.24. The quantitative estimate of drug-likeness (QED) is 0.401. The molecule has 0 saturated carbocycles. The van der Waals surface area contributed by atoms with Crippen molar-refractivity contribution in [1.29, 1.82) is 0 Å². The fourth-order valence-corrected chi connectivity index (χ4v) is 4.24. The van der Waals surface area contributed by atoms with E-state index in [1.54, 1.807) is 0 Å². The number of ether oxygens (including phenoxy) is 1. The summed E-state index contributed by atoms with van der Waals surface area (Å²) in [6, 6.07) is 13.8. The molecule has 0 spiro atoms. The predicted molar refractivity (Wildman–Crippen MR) is 127 cm³/mol. The molecule has 1 aliphatic rings. The first kappa shape index (κ1) is 25.2. The number of fused-ring (bicyclic) bond motifs is 3. The highest BCUT2D eigenvalue weighted by molar-refractivity contribution is 5.89. The second kappa shape index (κ2) is 11.7. The van der Waals surface area contributed by atoms with Crippen LogP contribution in [0.1, 0.15) is 50.2 Å². The van der Waals surface area contributed by atoms with Crippen molar-refractivity contribution in [3.8, 4) is 11.1 Å². The van der Waals surface area contributed by atoms with E-state index in [0.717, 1.165) is 28.7 Å². The van der Waals surface area contributed by atoms with Gasteiger partial charge in [-0.25, -0.2) is 9.59 Å². The van der Waals surface area contributed by atoms with Gasteiger partial charge in [0, 0.05) is 18.9 Å². The van der Waals surface area contributed by atoms with E-state index in [9.17, 15) is 19.5 Å². The molecule has 0 aromatic heterocycles. The third-order valence-corrected chi connectivity index (χ3v) is 6.32. The second-order valence-electron chi connectivity index (χ2n) is 8.68. The third kappa shape index (κ3) is 5.94. The molecule has 3 rings (SSSR count). The van der Waals surface area contributed by atoms with Crippen molar-refractivity contribution in [2.24, 2.45) is 5.92 Å². The summed E-state index contributed by atoms with van der Waals surface area (Å²) in [6.07, 6.45) is 0.259. The normalized spacial score (nSPS) is 14.9. The van der Waals surface area contributed by atoms with Crippen molar-refractivity contribution in [1.82, 2.24) is 10.6 Å². The molecule has 0 saturated heterocycles. The van der Waals surface area contributed by atoms with Crippen LogP contribution < -0.4 is 10.6 Å². The number of aliphatic hydroxyl groups excluding tert-OH is 1. The Morgan fingerprint density at radius 2 is 1.56 bits per heavy atom. The summed E-state index contributed by atoms with van der Waals surface area (Å²) < 4.78 is 5.55. The van der Waals surface area contributed by atoms with Crippen LogP contribution in [0.5, 0.6) is 0 Å². The van der Waals surface area contributed by atoms with Crippen molar-refractivity contribution in [2.75, 3.05) is 13.2 Å². The molecule has 1 aliphatic carbocycles. The van der Waals surface area contributed by atoms with Gasteiger partial charge in [0.25, 0.3) is 0 Å². The molecule has 3 atom stereocenters. The third-order valence-electron chi connectivity index (χ3n) is 6.32. The first-order valence-corrected chi connectivity index (χ1v) is 11.6. The van der Waals surface area contributed by atoms with E-state index in [0.29, 0.717) is 6.42 Å². The van der Waals surface area contributed by atoms with Crippen LogP contribution in [0.4, 0.5) is 4.79 Å². The average Bonchev–Trinajstić information content (AvgIpc) is 3.15. The molecule has 2 aromatic carbocycles. The second-order valence-corrected chi connectivity index (χ2v) is 8.68. The Bertz CT molecular complexity index is 978. The van der Waals surface area contributed by atoms with Gasteiger partial charge in [-0.3, -0.25) is 4.79 Å². The van der Waals surface area contributed by atoms with E-state index in [1.165, 1.54) is 0 Å². The van der Waals surface area contributed by atoms with Crippen LogP contribution in [0.25, 0.3) is 11.1 Å². The first-order valence-electron chi connectivity index (χ1n) is 11.6. The lowest BCUT2D eigenvalue weighted by atomic mass is 9.98. The summed E-state index contributed by atoms with van der Waals surface area (Å²) in [4.78, 5) is 36.8. The summed E-state index contributed by atoms with van der Waals surface area (Å²) in [5, 5.41) is 23.4. The number of carboxylic acid groups (broad SMARTS) is 1. The van der Waals surface area contributed by atoms with Gasteiger partial charge in [-0.1, -0.05) is 68.8 Å². The van der Waals surface area contributed by atoms with Crippen LogP contribution in [-0.2, 0) is 14.3 Å². The molecule has 4 N–H and O–H groups in total. The summed E-state index contributed by atoms with van der Waals surface area (Å²) in [6.45, 7) is 3.65. The Hall–Kier alpha value is -3.39. The van der Waals surface area contributed by atoms with Gasteiger partial charge in [0.05, 0.1) is 0 Å². The standard InChI is InChI=1S/C26H32N2O6/c1-3-16(2)14-23(24(30)27-22(12-13-29)25(31)32)28-26(33)34-15-21-19-10-6-4-8-17(19)18-9-5-7-11-20(18)21/h4-11,16,21-23,29H,3,12-15H2,1-2H3,(H,27,30)(H,28,33)(H,31,32). The number of rotatable bonds is 11. The molecule has 8 heteroatoms. The number of hydrogen-bond acceptors (Lipinski definition) is 5. The number of alkyl carbamates (subject to hydrolysis) is 1. The number of nitrogens with one attached hydrogen (secondary N) is 2. The molecular formula is C26H32N2O6. The zero-order valence-electron chi connectivity index (χ0n) is 19.5. The molecule has 0 aliphatic heterocycles. The van der Waals surface area contributed by atoms with Gasteiger partial charge in [-0.05, 0) is 34.6 Å². The van der Waals surface area contributed by atoms with E-state index in [2.05, 4.69) is 10.6 Å². The number of benzene rings is 2. The zero-order chi connectivity index (χ0) is 24.7. The molecule has 0 bridgehead atoms. The molecule has 182 valence electrons. The summed E-state index contributed by atoms with van der Waals surface area (Å²) in [5.41, 5.74) is 4.40. The Labute approximate surface area is 199 Å². The molecule has 3 unspecified atom stereocenters. The lowest BCUT2D eigenvalue weighted by molar-refractivity contribution is -0.142. The zero-order valence-corrected chi connectivity index (χ0v) is 19.5. The van der Waals surface area contributed by atoms with Crippen molar-refractivity contribution < 1.29 is 29.3 Å². The van der Waals surface area contributed by atoms with Crippen LogP contribution in [0.3, 0.4) is 0 Å². The van der Waals surface area contributed by atoms with Gasteiger partial charge in [0.15, 0.2) is 0 Å². The number of aliphatic hydroxyl groups is 1. The largest absolute Gasteiger partial charge is 0.480 e. The maximum atomic E-state index is 12.8. The molecule has 0 heterocycles. The molecular weight excluding hydrogens is 436 g/mol. The van der Waals surface area contributed by atoms with Crippen molar-refractivity contribution in [3.05, 3.63) is 59.7 Å². The molecule has 34 heavy (non-hydrogen) atoms. The van der Waals surface area contributed by atoms with Crippen LogP contribution in [-0.4, -0.2) is 53.5 Å². The minimum Gasteiger partial charge on any atom is -0.480 e. The van der Waals surface area contributed by atoms with Gasteiger partial charge in [0.1, 0.15) is 18.7 Å². The van der Waals surface area contributed by atoms with Crippen molar-refractivity contribution in [3.63, 3.8) is 0 Å². The average molecular weight is 469 g/mol. The highest BCUT2D eigenvalue weighted by atomic mass is 16.5. The number of aliphatic carboxylic acids is 1. The maximum Gasteiger partial charge on any atom is 0.407 e. The highest BCUT2D eigenvalue weighted by Gasteiger charge is 2.31. The van der Waals surface area contributed by atoms with E-state index in [4.69, 9.17) is 9.84 Å². The fraction of sp³-hybridized carbons (Fsp3) is 0.423. The minimum absolute atomic E-state index is 0.110. The monoisotopic (exact) mass is 468 g/mol. The molecule has 0 fully saturated rings. The van der Waals surface area contributed by atoms with Gasteiger partial charge in [-0.15, -0.1) is 0 Å². The van der Waals surface area contributed by atoms with Crippen molar-refractivity contribution >= 4 is 18.0 Å². The van der Waals surface area contributed by atoms with Gasteiger partial charge in [0.2, 0.25) is 5.91 Å². The summed E-state index contributed by atoms with van der Waals surface area (Å²) in [7, 11) is 0. The maximum absolute atomic E-state index is 12.8. The topological polar surface area (TPSA) is 125 Å². The molecule has 2 aromatic rings. The van der Waals surface area contributed by atoms with E-state index >= 15 is 0 Å². The lowest BCUT2D eigenvalue weighted by Crippen LogP contribution is -2.52. The Balaban J connectivity index is 1.68. The van der Waals surface area contributed by atoms with Gasteiger partial charge < -0.3 is 25.6 Å². The van der Waals surface area contributed by atoms with Crippen LogP contribution in [0.2, 0.25) is 0 Å². The molecule has 0 radical (unpaired) electrons. The summed E-state index contributed by atoms with van der Waals surface area (Å²) in [5.74, 6) is -1.85. The minimum atomic E-state index is -1.24. The Morgan fingerprint density at radius 1 is 0.971 bits per heavy atom. The van der Waals surface area contributed by atoms with Crippen LogP contribution >= 0.6 is 0 Å². The van der Waals surface area contributed by atoms with E-state index in [-0.39, 0.29) is 31.5 Å². The smallest absolute Gasteiger partial charge is 0.407 e. The lowest BCUT2D eigenvalue weighted by Gasteiger charge is -2.23. The predicted octanol–water partition coefficient (Wildman–Crippen LogP) is 3.28. The van der Waals surface area contributed by atoms with Gasteiger partial charge >= 0.3 is 12.1 Å². The molecule has 8 nitrogen and oxygen atoms in total. The number of carbonyl (C=O) groups excluding carboxylic acids is 2. The highest BCUT2D eigenvalue weighted by Crippen LogP contribution is 2.44. The van der Waals surface area contributed by atoms with Crippen LogP contribution in [0, 0.1) is 5.92 Å². The van der Waals surface area contributed by atoms with Crippen molar-refractivity contribution in [2.45, 2.75) is 51.1 Å². The van der Waals surface area contributed by atoms with E-state index < -0.39 is 30.1 Å². The van der Waals surface area contributed by atoms with Gasteiger partial charge in [-0.2, -0.15) is 0 Å². The summed E-state index contributed by atoms with van der Waals surface area (Å²) >= 11 is 0. The molecule has 2 amide bonds. The number of amides is 2. The SMILES string of the molecule is CCC(C)CC(NC(=O)OCC1c2ccccc2-c2ccccc21)C(=O)NC(CCO)C(=O)O. The Kier molecular flexibility index (Phi) is 8.65. The number of carboxylic acids is 1. The number of hydrogen-bond donors (Lipinski definition) is 4. The Morgan fingerprint density at radius 3 is 2.09 bits per heavy atom. The van der Waals surface area contributed by atoms with E-state index in [1.807, 2.05) is 62.4 Å². The van der Waals surface area contributed by atoms with Crippen LogP contribution in [0.15, 0.2) is 48.5 Å². The first-order chi connectivity index (χ1) is 16.3.